The van der Waals surface area contributed by atoms with Gasteiger partial charge in [-0.3, -0.25) is 10.1 Å². The smallest absolute Gasteiger partial charge is 0.322 e. The van der Waals surface area contributed by atoms with Crippen LogP contribution in [0.15, 0.2) is 22.6 Å². The minimum absolute atomic E-state index is 0.0312. The summed E-state index contributed by atoms with van der Waals surface area (Å²) < 4.78 is 5.02. The summed E-state index contributed by atoms with van der Waals surface area (Å²) in [5.41, 5.74) is 12.3. The van der Waals surface area contributed by atoms with Gasteiger partial charge in [0.25, 0.3) is 5.91 Å². The van der Waals surface area contributed by atoms with Gasteiger partial charge in [-0.1, -0.05) is 5.10 Å². The van der Waals surface area contributed by atoms with E-state index in [4.69, 9.17) is 15.9 Å². The highest BCUT2D eigenvalue weighted by molar-refractivity contribution is 6.07. The molecule has 1 aromatic carbocycles. The van der Waals surface area contributed by atoms with Crippen molar-refractivity contribution in [2.24, 2.45) is 0 Å². The minimum Gasteiger partial charge on any atom is -0.408 e. The van der Waals surface area contributed by atoms with Crippen molar-refractivity contribution in [2.45, 2.75) is 6.92 Å². The third-order valence-corrected chi connectivity index (χ3v) is 2.07. The molecule has 7 heteroatoms. The molecule has 1 heterocycles. The van der Waals surface area contributed by atoms with Crippen LogP contribution in [0.2, 0.25) is 0 Å². The zero-order chi connectivity index (χ0) is 12.4. The van der Waals surface area contributed by atoms with Gasteiger partial charge in [0.1, 0.15) is 0 Å². The van der Waals surface area contributed by atoms with Gasteiger partial charge in [-0.05, 0) is 18.2 Å². The second-order valence-corrected chi connectivity index (χ2v) is 3.43. The number of nitrogen functional groups attached to an aromatic ring is 2. The Balaban J connectivity index is 2.20. The van der Waals surface area contributed by atoms with Crippen molar-refractivity contribution in [3.8, 4) is 0 Å². The van der Waals surface area contributed by atoms with Crippen molar-refractivity contribution in [3.05, 3.63) is 29.7 Å². The maximum absolute atomic E-state index is 11.8. The van der Waals surface area contributed by atoms with Crippen LogP contribution in [0.5, 0.6) is 0 Å². The van der Waals surface area contributed by atoms with E-state index in [-0.39, 0.29) is 6.01 Å². The fourth-order valence-electron chi connectivity index (χ4n) is 1.30. The molecule has 0 atom stereocenters. The number of amides is 1. The number of aryl methyl sites for hydroxylation is 1. The molecule has 2 rings (SSSR count). The number of nitrogens with two attached hydrogens (primary N) is 2. The quantitative estimate of drug-likeness (QED) is 0.659. The first-order chi connectivity index (χ1) is 8.06. The Kier molecular flexibility index (Phi) is 2.65. The van der Waals surface area contributed by atoms with Crippen LogP contribution in [-0.2, 0) is 0 Å². The summed E-state index contributed by atoms with van der Waals surface area (Å²) in [5, 5.41) is 9.67. The number of aromatic nitrogens is 2. The summed E-state index contributed by atoms with van der Waals surface area (Å²) in [4.78, 5) is 11.8. The number of nitrogens with zero attached hydrogens (tertiary/aromatic N) is 2. The number of anilines is 3. The van der Waals surface area contributed by atoms with Crippen molar-refractivity contribution in [2.75, 3.05) is 16.8 Å². The summed E-state index contributed by atoms with van der Waals surface area (Å²) in [7, 11) is 0. The molecule has 17 heavy (non-hydrogen) atoms. The molecule has 2 aromatic rings. The highest BCUT2D eigenvalue weighted by Crippen LogP contribution is 2.17. The van der Waals surface area contributed by atoms with E-state index in [1.54, 1.807) is 13.0 Å². The van der Waals surface area contributed by atoms with E-state index in [2.05, 4.69) is 15.5 Å². The van der Waals surface area contributed by atoms with Crippen molar-refractivity contribution < 1.29 is 9.21 Å². The normalized spacial score (nSPS) is 10.2. The van der Waals surface area contributed by atoms with E-state index in [0.717, 1.165) is 0 Å². The molecule has 5 N–H and O–H groups in total. The summed E-state index contributed by atoms with van der Waals surface area (Å²) in [6, 6.07) is 4.66. The van der Waals surface area contributed by atoms with Crippen LogP contribution in [0.3, 0.4) is 0 Å². The summed E-state index contributed by atoms with van der Waals surface area (Å²) in [6.45, 7) is 1.63. The van der Waals surface area contributed by atoms with Crippen molar-refractivity contribution in [1.29, 1.82) is 0 Å². The SMILES string of the molecule is Cc1nnc(NC(=O)c2ccc(N)cc2N)o1. The van der Waals surface area contributed by atoms with Gasteiger partial charge in [-0.25, -0.2) is 0 Å². The predicted octanol–water partition coefficient (Wildman–Crippen LogP) is 0.795. The van der Waals surface area contributed by atoms with Gasteiger partial charge in [0, 0.05) is 18.3 Å². The zero-order valence-corrected chi connectivity index (χ0v) is 9.10. The van der Waals surface area contributed by atoms with E-state index in [9.17, 15) is 4.79 Å². The van der Waals surface area contributed by atoms with Gasteiger partial charge >= 0.3 is 6.01 Å². The Labute approximate surface area is 96.8 Å². The number of carbonyl (C=O) groups excluding carboxylic acids is 1. The first-order valence-electron chi connectivity index (χ1n) is 4.82. The van der Waals surface area contributed by atoms with Gasteiger partial charge in [-0.15, -0.1) is 5.10 Å². The Hall–Kier alpha value is -2.57. The molecule has 1 aromatic heterocycles. The van der Waals surface area contributed by atoms with Crippen LogP contribution in [0.25, 0.3) is 0 Å². The van der Waals surface area contributed by atoms with Crippen LogP contribution in [0, 0.1) is 6.92 Å². The fraction of sp³-hybridized carbons (Fsp3) is 0.100. The molecule has 88 valence electrons. The van der Waals surface area contributed by atoms with Crippen LogP contribution >= 0.6 is 0 Å². The van der Waals surface area contributed by atoms with E-state index in [1.807, 2.05) is 0 Å². The molecule has 0 saturated carbocycles. The van der Waals surface area contributed by atoms with E-state index >= 15 is 0 Å². The maximum Gasteiger partial charge on any atom is 0.322 e. The Morgan fingerprint density at radius 1 is 1.35 bits per heavy atom. The van der Waals surface area contributed by atoms with Crippen molar-refractivity contribution in [1.82, 2.24) is 10.2 Å². The molecule has 0 bridgehead atoms. The standard InChI is InChI=1S/C10H11N5O2/c1-5-14-15-10(17-5)13-9(16)7-3-2-6(11)4-8(7)12/h2-4H,11-12H2,1H3,(H,13,15,16). The fourth-order valence-corrected chi connectivity index (χ4v) is 1.30. The number of nitrogens with one attached hydrogen (secondary N) is 1. The molecule has 0 aliphatic rings. The van der Waals surface area contributed by atoms with Crippen molar-refractivity contribution in [3.63, 3.8) is 0 Å². The molecule has 7 nitrogen and oxygen atoms in total. The second kappa shape index (κ2) is 4.12. The highest BCUT2D eigenvalue weighted by atomic mass is 16.4. The van der Waals surface area contributed by atoms with Crippen LogP contribution in [-0.4, -0.2) is 16.1 Å². The minimum atomic E-state index is -0.425. The lowest BCUT2D eigenvalue weighted by Crippen LogP contribution is -2.14. The zero-order valence-electron chi connectivity index (χ0n) is 9.10. The average molecular weight is 233 g/mol. The molecule has 0 radical (unpaired) electrons. The number of hydrogen-bond donors (Lipinski definition) is 3. The molecule has 0 spiro atoms. The van der Waals surface area contributed by atoms with Gasteiger partial charge in [-0.2, -0.15) is 0 Å². The van der Waals surface area contributed by atoms with Crippen LogP contribution in [0.1, 0.15) is 16.2 Å². The van der Waals surface area contributed by atoms with E-state index in [0.29, 0.717) is 22.8 Å². The summed E-state index contributed by atoms with van der Waals surface area (Å²) in [6.07, 6.45) is 0. The molecule has 0 aliphatic carbocycles. The first kappa shape index (κ1) is 10.9. The van der Waals surface area contributed by atoms with Gasteiger partial charge < -0.3 is 15.9 Å². The molecule has 0 saturated heterocycles. The lowest BCUT2D eigenvalue weighted by Gasteiger charge is -2.04. The lowest BCUT2D eigenvalue weighted by molar-refractivity contribution is 0.102. The van der Waals surface area contributed by atoms with Gasteiger partial charge in [0.15, 0.2) is 0 Å². The lowest BCUT2D eigenvalue weighted by atomic mass is 10.1. The predicted molar refractivity (Wildman–Crippen MR) is 62.3 cm³/mol. The number of benzene rings is 1. The largest absolute Gasteiger partial charge is 0.408 e. The highest BCUT2D eigenvalue weighted by Gasteiger charge is 2.12. The second-order valence-electron chi connectivity index (χ2n) is 3.43. The van der Waals surface area contributed by atoms with Crippen LogP contribution in [0.4, 0.5) is 17.4 Å². The Bertz CT molecular complexity index is 564. The third-order valence-electron chi connectivity index (χ3n) is 2.07. The van der Waals surface area contributed by atoms with Crippen LogP contribution < -0.4 is 16.8 Å². The Morgan fingerprint density at radius 2 is 2.12 bits per heavy atom. The molecule has 0 aliphatic heterocycles. The number of hydrogen-bond acceptors (Lipinski definition) is 6. The number of carbonyl (C=O) groups is 1. The number of rotatable bonds is 2. The molecule has 0 unspecified atom stereocenters. The summed E-state index contributed by atoms with van der Waals surface area (Å²) in [5.74, 6) is -0.0586. The summed E-state index contributed by atoms with van der Waals surface area (Å²) >= 11 is 0. The third kappa shape index (κ3) is 2.33. The monoisotopic (exact) mass is 233 g/mol. The van der Waals surface area contributed by atoms with Crippen molar-refractivity contribution >= 4 is 23.3 Å². The molecular formula is C10H11N5O2. The maximum atomic E-state index is 11.8. The molecular weight excluding hydrogens is 222 g/mol. The molecule has 1 amide bonds. The average Bonchev–Trinajstić information content (AvgIpc) is 2.63. The van der Waals surface area contributed by atoms with Gasteiger partial charge in [0.05, 0.1) is 5.56 Å². The van der Waals surface area contributed by atoms with E-state index < -0.39 is 5.91 Å². The van der Waals surface area contributed by atoms with E-state index in [1.165, 1.54) is 12.1 Å². The Morgan fingerprint density at radius 3 is 2.71 bits per heavy atom. The van der Waals surface area contributed by atoms with Gasteiger partial charge in [0.2, 0.25) is 5.89 Å². The topological polar surface area (TPSA) is 120 Å². The first-order valence-corrected chi connectivity index (χ1v) is 4.82. The molecule has 0 fully saturated rings.